The number of amidine groups is 1. The van der Waals surface area contributed by atoms with E-state index in [1.165, 1.54) is 18.2 Å². The van der Waals surface area contributed by atoms with E-state index in [0.29, 0.717) is 24.5 Å². The highest BCUT2D eigenvalue weighted by Crippen LogP contribution is 2.37. The van der Waals surface area contributed by atoms with Crippen LogP contribution in [0.5, 0.6) is 0 Å². The van der Waals surface area contributed by atoms with Crippen LogP contribution in [0.15, 0.2) is 45.7 Å². The molecule has 0 bridgehead atoms. The van der Waals surface area contributed by atoms with Crippen molar-refractivity contribution in [2.45, 2.75) is 56.0 Å². The normalized spacial score (nSPS) is 19.4. The zero-order valence-electron chi connectivity index (χ0n) is 17.4. The summed E-state index contributed by atoms with van der Waals surface area (Å²) in [5.41, 5.74) is 1.09. The molecule has 0 unspecified atom stereocenters. The summed E-state index contributed by atoms with van der Waals surface area (Å²) < 4.78 is 44.2. The zero-order valence-corrected chi connectivity index (χ0v) is 19.0. The van der Waals surface area contributed by atoms with Crippen LogP contribution in [0.2, 0.25) is 5.02 Å². The second-order valence-electron chi connectivity index (χ2n) is 8.49. The summed E-state index contributed by atoms with van der Waals surface area (Å²) in [6.07, 6.45) is 5.16. The van der Waals surface area contributed by atoms with Gasteiger partial charge in [-0.1, -0.05) is 24.1 Å². The molecule has 2 aromatic carbocycles. The van der Waals surface area contributed by atoms with Crippen LogP contribution in [0.1, 0.15) is 54.4 Å². The van der Waals surface area contributed by atoms with Gasteiger partial charge in [-0.2, -0.15) is 8.42 Å². The minimum absolute atomic E-state index is 0.0129. The average Bonchev–Trinajstić information content (AvgIpc) is 3.60. The third-order valence-electron chi connectivity index (χ3n) is 6.23. The summed E-state index contributed by atoms with van der Waals surface area (Å²) >= 11 is 6.18. The van der Waals surface area contributed by atoms with Crippen molar-refractivity contribution in [3.63, 3.8) is 0 Å². The quantitative estimate of drug-likeness (QED) is 0.639. The van der Waals surface area contributed by atoms with Gasteiger partial charge in [-0.3, -0.25) is 4.79 Å². The lowest BCUT2D eigenvalue weighted by Crippen LogP contribution is -2.36. The molecular weight excluding hydrogens is 453 g/mol. The van der Waals surface area contributed by atoms with Gasteiger partial charge in [0.2, 0.25) is 0 Å². The van der Waals surface area contributed by atoms with E-state index in [1.807, 2.05) is 4.90 Å². The molecule has 2 heterocycles. The topological polar surface area (TPSA) is 70.0 Å². The van der Waals surface area contributed by atoms with E-state index in [1.54, 1.807) is 23.1 Å². The highest BCUT2D eigenvalue weighted by molar-refractivity contribution is 7.90. The largest absolute Gasteiger partial charge is 0.331 e. The first-order valence-corrected chi connectivity index (χ1v) is 12.7. The number of benzene rings is 2. The van der Waals surface area contributed by atoms with Crippen LogP contribution >= 0.6 is 11.6 Å². The lowest BCUT2D eigenvalue weighted by atomic mass is 10.1. The summed E-state index contributed by atoms with van der Waals surface area (Å²) in [5, 5.41) is 0.263. The number of fused-ring (bicyclic) bond motifs is 3. The molecule has 1 aliphatic carbocycles. The summed E-state index contributed by atoms with van der Waals surface area (Å²) in [7, 11) is -3.89. The molecule has 0 spiro atoms. The van der Waals surface area contributed by atoms with Crippen LogP contribution in [0.3, 0.4) is 0 Å². The molecule has 0 N–H and O–H groups in total. The van der Waals surface area contributed by atoms with Gasteiger partial charge in [0.1, 0.15) is 16.5 Å². The van der Waals surface area contributed by atoms with Gasteiger partial charge in [0.15, 0.2) is 0 Å². The fourth-order valence-electron chi connectivity index (χ4n) is 4.39. The molecule has 0 radical (unpaired) electrons. The van der Waals surface area contributed by atoms with Crippen LogP contribution < -0.4 is 4.90 Å². The Hall–Kier alpha value is -2.45. The molecule has 6 nitrogen and oxygen atoms in total. The Balaban J connectivity index is 1.50. The molecular formula is C23H23ClFN3O3S. The van der Waals surface area contributed by atoms with Gasteiger partial charge >= 0.3 is 0 Å². The minimum atomic E-state index is -3.89. The van der Waals surface area contributed by atoms with Gasteiger partial charge in [0.05, 0.1) is 12.2 Å². The van der Waals surface area contributed by atoms with Crippen LogP contribution in [0.4, 0.5) is 10.1 Å². The Morgan fingerprint density at radius 1 is 1.19 bits per heavy atom. The Morgan fingerprint density at radius 3 is 2.75 bits per heavy atom. The highest BCUT2D eigenvalue weighted by Gasteiger charge is 2.36. The molecule has 2 aromatic rings. The molecule has 0 aromatic heterocycles. The first-order valence-electron chi connectivity index (χ1n) is 10.8. The van der Waals surface area contributed by atoms with E-state index >= 15 is 0 Å². The van der Waals surface area contributed by atoms with Crippen molar-refractivity contribution in [3.05, 3.63) is 58.4 Å². The molecule has 2 fully saturated rings. The Morgan fingerprint density at radius 2 is 2.00 bits per heavy atom. The van der Waals surface area contributed by atoms with E-state index < -0.39 is 15.8 Å². The molecule has 0 atom stereocenters. The van der Waals surface area contributed by atoms with Crippen LogP contribution in [-0.4, -0.2) is 37.6 Å². The average molecular weight is 476 g/mol. The van der Waals surface area contributed by atoms with Crippen LogP contribution in [-0.2, 0) is 16.6 Å². The predicted octanol–water partition coefficient (Wildman–Crippen LogP) is 4.77. The molecule has 1 amide bonds. The number of nitrogens with zero attached hydrogens (tertiary/aromatic N) is 3. The second-order valence-corrected chi connectivity index (χ2v) is 10.5. The highest BCUT2D eigenvalue weighted by atomic mass is 35.5. The van der Waals surface area contributed by atoms with Crippen molar-refractivity contribution in [1.29, 1.82) is 0 Å². The van der Waals surface area contributed by atoms with Crippen molar-refractivity contribution < 1.29 is 17.6 Å². The SMILES string of the molecule is O=C(c1ccc2c(c1)S(=O)(=O)N=C1CCCCCN12)N(Cc1c(F)cccc1Cl)C1CC1. The number of carbonyl (C=O) groups excluding carboxylic acids is 1. The van der Waals surface area contributed by atoms with Crippen molar-refractivity contribution in [2.75, 3.05) is 11.4 Å². The number of carbonyl (C=O) groups is 1. The van der Waals surface area contributed by atoms with Crippen molar-refractivity contribution in [2.24, 2.45) is 4.40 Å². The maximum Gasteiger partial charge on any atom is 0.286 e. The fourth-order valence-corrected chi connectivity index (χ4v) is 5.89. The summed E-state index contributed by atoms with van der Waals surface area (Å²) in [6, 6.07) is 9.19. The van der Waals surface area contributed by atoms with Crippen LogP contribution in [0, 0.1) is 5.82 Å². The van der Waals surface area contributed by atoms with Gasteiger partial charge in [-0.05, 0) is 56.0 Å². The number of sulfonamides is 1. The molecule has 9 heteroatoms. The minimum Gasteiger partial charge on any atom is -0.331 e. The zero-order chi connectivity index (χ0) is 22.5. The summed E-state index contributed by atoms with van der Waals surface area (Å²) in [6.45, 7) is 0.738. The Labute approximate surface area is 191 Å². The number of hydrogen-bond acceptors (Lipinski definition) is 4. The summed E-state index contributed by atoms with van der Waals surface area (Å²) in [4.78, 5) is 17.0. The lowest BCUT2D eigenvalue weighted by molar-refractivity contribution is 0.0728. The van der Waals surface area contributed by atoms with Crippen LogP contribution in [0.25, 0.3) is 0 Å². The molecule has 1 saturated carbocycles. The first kappa shape index (κ1) is 21.4. The van der Waals surface area contributed by atoms with Gasteiger partial charge in [-0.25, -0.2) is 4.39 Å². The molecule has 168 valence electrons. The number of hydrogen-bond donors (Lipinski definition) is 0. The van der Waals surface area contributed by atoms with Gasteiger partial charge in [0, 0.05) is 35.2 Å². The van der Waals surface area contributed by atoms with Crippen molar-refractivity contribution >= 4 is 39.1 Å². The maximum atomic E-state index is 14.4. The fraction of sp³-hybridized carbons (Fsp3) is 0.391. The molecule has 2 aliphatic heterocycles. The van der Waals surface area contributed by atoms with Gasteiger partial charge in [-0.15, -0.1) is 4.40 Å². The lowest BCUT2D eigenvalue weighted by Gasteiger charge is -2.30. The number of anilines is 1. The molecule has 3 aliphatic rings. The monoisotopic (exact) mass is 475 g/mol. The summed E-state index contributed by atoms with van der Waals surface area (Å²) in [5.74, 6) is -0.231. The first-order chi connectivity index (χ1) is 15.3. The second kappa shape index (κ2) is 8.15. The van der Waals surface area contributed by atoms with E-state index in [4.69, 9.17) is 11.6 Å². The van der Waals surface area contributed by atoms with Crippen molar-refractivity contribution in [3.8, 4) is 0 Å². The van der Waals surface area contributed by atoms with Crippen molar-refractivity contribution in [1.82, 2.24) is 4.90 Å². The maximum absolute atomic E-state index is 14.4. The third kappa shape index (κ3) is 3.90. The van der Waals surface area contributed by atoms with E-state index in [-0.39, 0.29) is 39.5 Å². The van der Waals surface area contributed by atoms with Gasteiger partial charge < -0.3 is 9.80 Å². The number of rotatable bonds is 4. The van der Waals surface area contributed by atoms with E-state index in [9.17, 15) is 17.6 Å². The Kier molecular flexibility index (Phi) is 5.45. The third-order valence-corrected chi connectivity index (χ3v) is 7.92. The molecule has 32 heavy (non-hydrogen) atoms. The number of halogens is 2. The number of amides is 1. The smallest absolute Gasteiger partial charge is 0.286 e. The molecule has 1 saturated heterocycles. The standard InChI is InChI=1S/C23H23ClFN3O3S/c24-18-5-4-6-19(25)17(18)14-28(16-9-10-16)23(29)15-8-11-20-21(13-15)32(30,31)26-22-7-2-1-3-12-27(20)22/h4-6,8,11,13,16H,1-3,7,9-10,12,14H2. The van der Waals surface area contributed by atoms with E-state index in [0.717, 1.165) is 32.1 Å². The van der Waals surface area contributed by atoms with E-state index in [2.05, 4.69) is 4.40 Å². The Bertz CT molecular complexity index is 1210. The molecule has 5 rings (SSSR count). The predicted molar refractivity (Wildman–Crippen MR) is 121 cm³/mol. The van der Waals surface area contributed by atoms with Gasteiger partial charge in [0.25, 0.3) is 15.9 Å².